The van der Waals surface area contributed by atoms with Crippen LogP contribution in [0.4, 0.5) is 11.8 Å². The number of carbonyl (C=O) groups is 2. The number of nitrogens with one attached hydrogen (secondary N) is 1. The number of carboxylic acid groups (broad SMARTS) is 2. The molecule has 9 heteroatoms. The van der Waals surface area contributed by atoms with Crippen LogP contribution in [-0.2, 0) is 29.0 Å². The molecule has 9 nitrogen and oxygen atoms in total. The van der Waals surface area contributed by atoms with E-state index in [-0.39, 0.29) is 12.9 Å². The highest BCUT2D eigenvalue weighted by Gasteiger charge is 2.15. The van der Waals surface area contributed by atoms with Crippen LogP contribution in [0.15, 0.2) is 30.5 Å². The maximum Gasteiger partial charge on any atom is 0.290 e. The number of rotatable bonds is 5. The van der Waals surface area contributed by atoms with E-state index in [9.17, 15) is 0 Å². The number of nitrogen functional groups attached to an aromatic ring is 1. The second-order valence-electron chi connectivity index (χ2n) is 5.89. The van der Waals surface area contributed by atoms with Crippen molar-refractivity contribution in [2.45, 2.75) is 26.3 Å². The third kappa shape index (κ3) is 7.58. The van der Waals surface area contributed by atoms with E-state index in [1.165, 1.54) is 11.1 Å². The minimum atomic E-state index is -0.250. The molecule has 0 fully saturated rings. The predicted octanol–water partition coefficient (Wildman–Crippen LogP) is 1.49. The van der Waals surface area contributed by atoms with Crippen molar-refractivity contribution < 1.29 is 19.8 Å². The number of benzene rings is 1. The third-order valence-corrected chi connectivity index (χ3v) is 4.19. The molecule has 1 aliphatic heterocycles. The molecule has 2 aromatic rings. The topological polar surface area (TPSA) is 142 Å². The van der Waals surface area contributed by atoms with Gasteiger partial charge in [-0.2, -0.15) is 4.98 Å². The first-order valence-corrected chi connectivity index (χ1v) is 8.89. The summed E-state index contributed by atoms with van der Waals surface area (Å²) in [5, 5.41) is 17.2. The van der Waals surface area contributed by atoms with Crippen molar-refractivity contribution in [2.75, 3.05) is 30.7 Å². The Morgan fingerprint density at radius 3 is 2.50 bits per heavy atom. The van der Waals surface area contributed by atoms with Gasteiger partial charge in [-0.25, -0.2) is 4.98 Å². The van der Waals surface area contributed by atoms with Crippen LogP contribution in [0, 0.1) is 0 Å². The van der Waals surface area contributed by atoms with Gasteiger partial charge in [-0.3, -0.25) is 14.5 Å². The fraction of sp³-hybridized carbons (Fsp3) is 0.368. The van der Waals surface area contributed by atoms with Crippen LogP contribution < -0.4 is 11.1 Å². The van der Waals surface area contributed by atoms with Crippen LogP contribution in [0.2, 0.25) is 0 Å². The maximum absolute atomic E-state index is 8.36. The summed E-state index contributed by atoms with van der Waals surface area (Å²) in [4.78, 5) is 27.5. The fourth-order valence-corrected chi connectivity index (χ4v) is 2.91. The van der Waals surface area contributed by atoms with Gasteiger partial charge in [-0.05, 0) is 24.0 Å². The number of aromatic nitrogens is 2. The Labute approximate surface area is 164 Å². The van der Waals surface area contributed by atoms with Gasteiger partial charge in [0.15, 0.2) is 0 Å². The molecule has 28 heavy (non-hydrogen) atoms. The molecule has 0 saturated carbocycles. The minimum absolute atomic E-state index is 0.250. The van der Waals surface area contributed by atoms with E-state index in [1.54, 1.807) is 0 Å². The van der Waals surface area contributed by atoms with Crippen LogP contribution in [0.25, 0.3) is 0 Å². The molecular weight excluding hydrogens is 362 g/mol. The van der Waals surface area contributed by atoms with E-state index < -0.39 is 0 Å². The lowest BCUT2D eigenvalue weighted by atomic mass is 10.00. The second-order valence-corrected chi connectivity index (χ2v) is 5.89. The summed E-state index contributed by atoms with van der Waals surface area (Å²) >= 11 is 0. The third-order valence-electron chi connectivity index (χ3n) is 4.19. The van der Waals surface area contributed by atoms with Crippen LogP contribution in [0.1, 0.15) is 23.6 Å². The van der Waals surface area contributed by atoms with Crippen molar-refractivity contribution in [1.29, 1.82) is 0 Å². The predicted molar refractivity (Wildman–Crippen MR) is 107 cm³/mol. The Bertz CT molecular complexity index is 736. The zero-order valence-electron chi connectivity index (χ0n) is 15.9. The molecule has 0 radical (unpaired) electrons. The van der Waals surface area contributed by atoms with Gasteiger partial charge in [-0.1, -0.05) is 31.2 Å². The quantitative estimate of drug-likeness (QED) is 0.559. The highest BCUT2D eigenvalue weighted by Crippen LogP contribution is 2.18. The lowest BCUT2D eigenvalue weighted by molar-refractivity contribution is -0.123. The number of hydrogen-bond donors (Lipinski definition) is 4. The van der Waals surface area contributed by atoms with Gasteiger partial charge in [0, 0.05) is 37.9 Å². The first-order chi connectivity index (χ1) is 13.6. The Balaban J connectivity index is 0.000000582. The second kappa shape index (κ2) is 13.0. The van der Waals surface area contributed by atoms with Crippen molar-refractivity contribution in [3.63, 3.8) is 0 Å². The summed E-state index contributed by atoms with van der Waals surface area (Å²) in [5.41, 5.74) is 9.73. The minimum Gasteiger partial charge on any atom is -0.483 e. The average Bonchev–Trinajstić information content (AvgIpc) is 2.69. The summed E-state index contributed by atoms with van der Waals surface area (Å²) in [6.07, 6.45) is 3.85. The average molecular weight is 389 g/mol. The number of hydrogen-bond acceptors (Lipinski definition) is 7. The van der Waals surface area contributed by atoms with Gasteiger partial charge in [0.05, 0.1) is 0 Å². The molecule has 0 saturated heterocycles. The molecule has 1 aromatic heterocycles. The number of nitrogens with zero attached hydrogens (tertiary/aromatic N) is 3. The first kappa shape index (κ1) is 22.8. The Morgan fingerprint density at radius 2 is 1.86 bits per heavy atom. The van der Waals surface area contributed by atoms with Gasteiger partial charge in [0.25, 0.3) is 12.9 Å². The molecule has 1 aliphatic rings. The normalized spacial score (nSPS) is 12.3. The number of fused-ring (bicyclic) bond motifs is 1. The lowest BCUT2D eigenvalue weighted by Crippen LogP contribution is -2.34. The van der Waals surface area contributed by atoms with Crippen LogP contribution in [0.5, 0.6) is 0 Å². The standard InChI is InChI=1S/C17H23N5.2CH2O2/c1-2-13-11-20-17(18)21-16(13)19-8-10-22-9-7-14-5-3-4-6-15(14)12-22;2*2-1-3/h3-6,11H,2,7-10,12H2,1H3,(H3,18,19,20,21);2*1H,(H,2,3). The number of nitrogens with two attached hydrogens (primary N) is 1. The van der Waals surface area contributed by atoms with E-state index >= 15 is 0 Å². The highest BCUT2D eigenvalue weighted by molar-refractivity contribution is 5.46. The molecule has 0 unspecified atom stereocenters. The molecule has 3 rings (SSSR count). The van der Waals surface area contributed by atoms with E-state index in [4.69, 9.17) is 25.5 Å². The van der Waals surface area contributed by atoms with Crippen molar-refractivity contribution in [1.82, 2.24) is 14.9 Å². The van der Waals surface area contributed by atoms with Crippen LogP contribution in [-0.4, -0.2) is 57.7 Å². The summed E-state index contributed by atoms with van der Waals surface area (Å²) in [6.45, 7) is 5.62. The van der Waals surface area contributed by atoms with E-state index in [0.717, 1.165) is 50.4 Å². The summed E-state index contributed by atoms with van der Waals surface area (Å²) in [5.74, 6) is 1.19. The SMILES string of the molecule is CCc1cnc(N)nc1NCCN1CCc2ccccc2C1.O=CO.O=CO. The summed E-state index contributed by atoms with van der Waals surface area (Å²) in [6, 6.07) is 8.72. The molecule has 0 spiro atoms. The molecule has 5 N–H and O–H groups in total. The van der Waals surface area contributed by atoms with Gasteiger partial charge in [0.2, 0.25) is 5.95 Å². The summed E-state index contributed by atoms with van der Waals surface area (Å²) < 4.78 is 0. The molecular formula is C19H27N5O4. The Kier molecular flexibility index (Phi) is 10.6. The van der Waals surface area contributed by atoms with Crippen LogP contribution in [0.3, 0.4) is 0 Å². The lowest BCUT2D eigenvalue weighted by Gasteiger charge is -2.28. The van der Waals surface area contributed by atoms with Gasteiger partial charge in [-0.15, -0.1) is 0 Å². The van der Waals surface area contributed by atoms with E-state index in [1.807, 2.05) is 6.20 Å². The van der Waals surface area contributed by atoms with Crippen molar-refractivity contribution >= 4 is 24.7 Å². The molecule has 2 heterocycles. The fourth-order valence-electron chi connectivity index (χ4n) is 2.91. The molecule has 152 valence electrons. The number of anilines is 2. The molecule has 0 bridgehead atoms. The van der Waals surface area contributed by atoms with Gasteiger partial charge >= 0.3 is 0 Å². The van der Waals surface area contributed by atoms with Crippen molar-refractivity contribution in [2.24, 2.45) is 0 Å². The molecule has 0 aliphatic carbocycles. The van der Waals surface area contributed by atoms with Crippen LogP contribution >= 0.6 is 0 Å². The Morgan fingerprint density at radius 1 is 1.21 bits per heavy atom. The van der Waals surface area contributed by atoms with Crippen molar-refractivity contribution in [3.05, 3.63) is 47.2 Å². The van der Waals surface area contributed by atoms with Gasteiger partial charge in [0.1, 0.15) is 5.82 Å². The first-order valence-electron chi connectivity index (χ1n) is 8.89. The monoisotopic (exact) mass is 389 g/mol. The Hall–Kier alpha value is -3.20. The molecule has 0 amide bonds. The smallest absolute Gasteiger partial charge is 0.290 e. The zero-order valence-corrected chi connectivity index (χ0v) is 15.9. The van der Waals surface area contributed by atoms with Crippen molar-refractivity contribution in [3.8, 4) is 0 Å². The van der Waals surface area contributed by atoms with E-state index in [2.05, 4.69) is 51.4 Å². The van der Waals surface area contributed by atoms with E-state index in [0.29, 0.717) is 5.95 Å². The molecule has 1 aromatic carbocycles. The highest BCUT2D eigenvalue weighted by atomic mass is 16.3. The maximum atomic E-state index is 8.36. The summed E-state index contributed by atoms with van der Waals surface area (Å²) in [7, 11) is 0. The van der Waals surface area contributed by atoms with Gasteiger partial charge < -0.3 is 21.3 Å². The zero-order chi connectivity index (χ0) is 20.8. The largest absolute Gasteiger partial charge is 0.483 e. The number of aryl methyl sites for hydroxylation is 1. The molecule has 0 atom stereocenters.